The summed E-state index contributed by atoms with van der Waals surface area (Å²) in [6.45, 7) is -0.0686. The Balaban J connectivity index is 2.46. The van der Waals surface area contributed by atoms with Crippen molar-refractivity contribution in [1.29, 1.82) is 0 Å². The fourth-order valence-electron chi connectivity index (χ4n) is 0.947. The number of hydrogen-bond donors (Lipinski definition) is 1. The number of hydrogen-bond acceptors (Lipinski definition) is 3. The Morgan fingerprint density at radius 2 is 2.50 bits per heavy atom. The van der Waals surface area contributed by atoms with Crippen molar-refractivity contribution in [3.63, 3.8) is 0 Å². The largest absolute Gasteiger partial charge is 0.480 e. The van der Waals surface area contributed by atoms with Crippen molar-refractivity contribution in [2.75, 3.05) is 19.0 Å². The van der Waals surface area contributed by atoms with Crippen molar-refractivity contribution in [3.8, 4) is 0 Å². The molecule has 1 amide bonds. The lowest BCUT2D eigenvalue weighted by Gasteiger charge is -2.07. The maximum Gasteiger partial charge on any atom is 0.410 e. The highest BCUT2D eigenvalue weighted by Gasteiger charge is 2.31. The minimum Gasteiger partial charge on any atom is -0.480 e. The van der Waals surface area contributed by atoms with Crippen molar-refractivity contribution in [1.82, 2.24) is 4.90 Å². The van der Waals surface area contributed by atoms with Gasteiger partial charge in [0.15, 0.2) is 0 Å². The Labute approximate surface area is 73.9 Å². The van der Waals surface area contributed by atoms with E-state index in [-0.39, 0.29) is 25.1 Å². The summed E-state index contributed by atoms with van der Waals surface area (Å²) in [7, 11) is 0. The molecule has 0 aromatic carbocycles. The molecule has 0 bridgehead atoms. The average Bonchev–Trinajstić information content (AvgIpc) is 2.31. The molecule has 12 heavy (non-hydrogen) atoms. The number of amides is 1. The number of halogens is 1. The molecule has 0 aromatic heterocycles. The molecule has 1 unspecified atom stereocenters. The van der Waals surface area contributed by atoms with Gasteiger partial charge < -0.3 is 9.84 Å². The summed E-state index contributed by atoms with van der Waals surface area (Å²) >= 11 is 5.42. The minimum absolute atomic E-state index is 0.196. The Morgan fingerprint density at radius 3 is 2.92 bits per heavy atom. The van der Waals surface area contributed by atoms with Crippen LogP contribution in [0.5, 0.6) is 0 Å². The summed E-state index contributed by atoms with van der Waals surface area (Å²) in [5.74, 6) is -0.857. The van der Waals surface area contributed by atoms with Gasteiger partial charge in [0.1, 0.15) is 12.6 Å². The molecule has 1 saturated heterocycles. The summed E-state index contributed by atoms with van der Waals surface area (Å²) in [5.41, 5.74) is 0. The molecule has 5 nitrogen and oxygen atoms in total. The summed E-state index contributed by atoms with van der Waals surface area (Å²) in [4.78, 5) is 22.2. The van der Waals surface area contributed by atoms with E-state index in [0.717, 1.165) is 4.90 Å². The zero-order valence-corrected chi connectivity index (χ0v) is 6.95. The van der Waals surface area contributed by atoms with Crippen LogP contribution in [-0.4, -0.2) is 47.1 Å². The number of rotatable bonds is 3. The van der Waals surface area contributed by atoms with Crippen molar-refractivity contribution >= 4 is 23.7 Å². The Kier molecular flexibility index (Phi) is 2.75. The van der Waals surface area contributed by atoms with Gasteiger partial charge in [0, 0.05) is 0 Å². The van der Waals surface area contributed by atoms with Crippen molar-refractivity contribution in [3.05, 3.63) is 0 Å². The predicted molar refractivity (Wildman–Crippen MR) is 40.2 cm³/mol. The molecule has 0 saturated carbocycles. The Morgan fingerprint density at radius 1 is 1.83 bits per heavy atom. The van der Waals surface area contributed by atoms with Crippen LogP contribution in [0.1, 0.15) is 0 Å². The third-order valence-electron chi connectivity index (χ3n) is 1.45. The number of carbonyl (C=O) groups is 2. The van der Waals surface area contributed by atoms with E-state index in [9.17, 15) is 9.59 Å². The summed E-state index contributed by atoms with van der Waals surface area (Å²) in [6, 6.07) is 0. The lowest BCUT2D eigenvalue weighted by atomic mass is 10.4. The zero-order valence-electron chi connectivity index (χ0n) is 6.20. The molecule has 1 fully saturated rings. The molecule has 6 heteroatoms. The number of nitrogens with zero attached hydrogens (tertiary/aromatic N) is 1. The SMILES string of the molecule is O=C(O)CN1CC(CCl)OC1=O. The number of aliphatic carboxylic acids is 1. The van der Waals surface area contributed by atoms with Gasteiger partial charge in [0.2, 0.25) is 0 Å². The third kappa shape index (κ3) is 2.01. The first kappa shape index (κ1) is 9.12. The van der Waals surface area contributed by atoms with E-state index in [2.05, 4.69) is 0 Å². The molecule has 0 aliphatic carbocycles. The molecule has 1 N–H and O–H groups in total. The number of carbonyl (C=O) groups excluding carboxylic acids is 1. The number of alkyl halides is 1. The third-order valence-corrected chi connectivity index (χ3v) is 1.79. The smallest absolute Gasteiger partial charge is 0.410 e. The lowest BCUT2D eigenvalue weighted by Crippen LogP contribution is -2.31. The van der Waals surface area contributed by atoms with Gasteiger partial charge in [0.05, 0.1) is 12.4 Å². The highest BCUT2D eigenvalue weighted by molar-refractivity contribution is 6.18. The van der Waals surface area contributed by atoms with Crippen LogP contribution in [-0.2, 0) is 9.53 Å². The van der Waals surface area contributed by atoms with Gasteiger partial charge in [-0.1, -0.05) is 0 Å². The van der Waals surface area contributed by atoms with Crippen LogP contribution in [0.25, 0.3) is 0 Å². The van der Waals surface area contributed by atoms with E-state index in [1.807, 2.05) is 0 Å². The normalized spacial score (nSPS) is 22.6. The maximum absolute atomic E-state index is 10.9. The van der Waals surface area contributed by atoms with Gasteiger partial charge in [0.25, 0.3) is 0 Å². The molecule has 1 aliphatic heterocycles. The summed E-state index contributed by atoms with van der Waals surface area (Å²) in [6.07, 6.45) is -0.985. The standard InChI is InChI=1S/C6H8ClNO4/c7-1-4-2-8(3-5(9)10)6(11)12-4/h4H,1-3H2,(H,9,10). The van der Waals surface area contributed by atoms with E-state index in [4.69, 9.17) is 21.4 Å². The fraction of sp³-hybridized carbons (Fsp3) is 0.667. The van der Waals surface area contributed by atoms with E-state index in [1.54, 1.807) is 0 Å². The van der Waals surface area contributed by atoms with Gasteiger partial charge in [-0.25, -0.2) is 4.79 Å². The van der Waals surface area contributed by atoms with E-state index in [1.165, 1.54) is 0 Å². The first-order valence-electron chi connectivity index (χ1n) is 3.37. The monoisotopic (exact) mass is 193 g/mol. The first-order valence-corrected chi connectivity index (χ1v) is 3.90. The van der Waals surface area contributed by atoms with Crippen LogP contribution < -0.4 is 0 Å². The van der Waals surface area contributed by atoms with E-state index < -0.39 is 12.1 Å². The number of carboxylic acids is 1. The summed E-state index contributed by atoms with van der Waals surface area (Å²) < 4.78 is 4.72. The molecule has 0 radical (unpaired) electrons. The van der Waals surface area contributed by atoms with E-state index in [0.29, 0.717) is 0 Å². The molecular weight excluding hydrogens is 186 g/mol. The molecule has 0 spiro atoms. The van der Waals surface area contributed by atoms with Crippen LogP contribution in [0.2, 0.25) is 0 Å². The molecule has 1 aliphatic rings. The molecule has 1 heterocycles. The van der Waals surface area contributed by atoms with Gasteiger partial charge in [-0.05, 0) is 0 Å². The molecule has 0 aromatic rings. The minimum atomic E-state index is -1.05. The summed E-state index contributed by atoms with van der Waals surface area (Å²) in [5, 5.41) is 8.37. The van der Waals surface area contributed by atoms with Gasteiger partial charge in [-0.2, -0.15) is 0 Å². The molecular formula is C6H8ClNO4. The second kappa shape index (κ2) is 3.62. The number of cyclic esters (lactones) is 1. The second-order valence-electron chi connectivity index (χ2n) is 2.43. The van der Waals surface area contributed by atoms with Gasteiger partial charge in [-0.15, -0.1) is 11.6 Å². The zero-order chi connectivity index (χ0) is 9.14. The molecule has 68 valence electrons. The van der Waals surface area contributed by atoms with Crippen molar-refractivity contribution in [2.45, 2.75) is 6.10 Å². The van der Waals surface area contributed by atoms with Crippen molar-refractivity contribution < 1.29 is 19.4 Å². The number of ether oxygens (including phenoxy) is 1. The van der Waals surface area contributed by atoms with Crippen molar-refractivity contribution in [2.24, 2.45) is 0 Å². The van der Waals surface area contributed by atoms with E-state index >= 15 is 0 Å². The Hall–Kier alpha value is -0.970. The second-order valence-corrected chi connectivity index (χ2v) is 2.74. The molecule has 1 atom stereocenters. The number of carboxylic acid groups (broad SMARTS) is 1. The van der Waals surface area contributed by atoms with Gasteiger partial charge in [-0.3, -0.25) is 9.69 Å². The fourth-order valence-corrected chi connectivity index (χ4v) is 1.11. The highest BCUT2D eigenvalue weighted by atomic mass is 35.5. The Bertz CT molecular complexity index is 208. The predicted octanol–water partition coefficient (Wildman–Crippen LogP) is 0.131. The maximum atomic E-state index is 10.9. The topological polar surface area (TPSA) is 66.8 Å². The van der Waals surface area contributed by atoms with Gasteiger partial charge >= 0.3 is 12.1 Å². The van der Waals surface area contributed by atoms with Crippen LogP contribution in [0, 0.1) is 0 Å². The quantitative estimate of drug-likeness (QED) is 0.647. The van der Waals surface area contributed by atoms with Crippen LogP contribution >= 0.6 is 11.6 Å². The van der Waals surface area contributed by atoms with Crippen LogP contribution in [0.15, 0.2) is 0 Å². The lowest BCUT2D eigenvalue weighted by molar-refractivity contribution is -0.137. The molecule has 1 rings (SSSR count). The van der Waals surface area contributed by atoms with Crippen LogP contribution in [0.3, 0.4) is 0 Å². The highest BCUT2D eigenvalue weighted by Crippen LogP contribution is 2.11. The van der Waals surface area contributed by atoms with Crippen LogP contribution in [0.4, 0.5) is 4.79 Å². The average molecular weight is 194 g/mol. The first-order chi connectivity index (χ1) is 5.63.